The highest BCUT2D eigenvalue weighted by molar-refractivity contribution is 6.06. The normalized spacial score (nSPS) is 28.4. The van der Waals surface area contributed by atoms with Crippen LogP contribution in [-0.2, 0) is 4.74 Å². The number of carbonyl (C=O) groups is 1. The Hall–Kier alpha value is -1.88. The minimum atomic E-state index is -0.0163. The van der Waals surface area contributed by atoms with Crippen LogP contribution in [0.5, 0.6) is 0 Å². The predicted octanol–water partition coefficient (Wildman–Crippen LogP) is 1.25. The summed E-state index contributed by atoms with van der Waals surface area (Å²) in [7, 11) is 0. The molecule has 2 fully saturated rings. The highest BCUT2D eigenvalue weighted by Crippen LogP contribution is 2.44. The Morgan fingerprint density at radius 3 is 3.00 bits per heavy atom. The van der Waals surface area contributed by atoms with Gasteiger partial charge >= 0.3 is 0 Å². The van der Waals surface area contributed by atoms with Gasteiger partial charge in [-0.2, -0.15) is 5.10 Å². The number of nitrogens with zero attached hydrogens (tertiary/aromatic N) is 1. The second-order valence-corrected chi connectivity index (χ2v) is 5.51. The lowest BCUT2D eigenvalue weighted by Gasteiger charge is -2.09. The highest BCUT2D eigenvalue weighted by Gasteiger charge is 2.54. The van der Waals surface area contributed by atoms with E-state index < -0.39 is 0 Å². The van der Waals surface area contributed by atoms with Crippen molar-refractivity contribution >= 4 is 16.8 Å². The average Bonchev–Trinajstić information content (AvgIpc) is 2.83. The molecular weight excluding hydrogens is 242 g/mol. The number of fused-ring (bicyclic) bond motifs is 2. The first-order valence-corrected chi connectivity index (χ1v) is 6.56. The van der Waals surface area contributed by atoms with Gasteiger partial charge in [0.25, 0.3) is 5.91 Å². The van der Waals surface area contributed by atoms with E-state index >= 15 is 0 Å². The van der Waals surface area contributed by atoms with Crippen LogP contribution in [0, 0.1) is 18.8 Å². The minimum Gasteiger partial charge on any atom is -0.381 e. The molecule has 0 radical (unpaired) electrons. The molecule has 1 saturated carbocycles. The molecule has 19 heavy (non-hydrogen) atoms. The van der Waals surface area contributed by atoms with Crippen molar-refractivity contribution in [1.82, 2.24) is 15.5 Å². The fourth-order valence-electron chi connectivity index (χ4n) is 3.07. The van der Waals surface area contributed by atoms with Gasteiger partial charge in [0.05, 0.1) is 30.5 Å². The van der Waals surface area contributed by atoms with Crippen molar-refractivity contribution in [3.63, 3.8) is 0 Å². The predicted molar refractivity (Wildman–Crippen MR) is 69.9 cm³/mol. The summed E-state index contributed by atoms with van der Waals surface area (Å²) < 4.78 is 5.33. The van der Waals surface area contributed by atoms with Crippen LogP contribution >= 0.6 is 0 Å². The van der Waals surface area contributed by atoms with Gasteiger partial charge in [-0.15, -0.1) is 0 Å². The van der Waals surface area contributed by atoms with Crippen LogP contribution in [0.2, 0.25) is 0 Å². The van der Waals surface area contributed by atoms with Crippen LogP contribution < -0.4 is 5.32 Å². The number of H-pyrrole nitrogens is 1. The standard InChI is InChI=1S/C14H15N3O2/c1-7-2-8-4-15-17-12(8)9(3-7)14(18)16-13-10-5-19-6-11(10)13/h2-4,10-11,13H,5-6H2,1H3,(H,15,17)(H,16,18)/t10-,11+,13?. The van der Waals surface area contributed by atoms with E-state index in [-0.39, 0.29) is 5.91 Å². The van der Waals surface area contributed by atoms with Gasteiger partial charge in [-0.3, -0.25) is 9.89 Å². The third-order valence-corrected chi connectivity index (χ3v) is 4.19. The van der Waals surface area contributed by atoms with Crippen LogP contribution in [0.3, 0.4) is 0 Å². The number of hydrogen-bond acceptors (Lipinski definition) is 3. The number of benzene rings is 1. The second kappa shape index (κ2) is 3.81. The van der Waals surface area contributed by atoms with Gasteiger partial charge in [-0.05, 0) is 24.6 Å². The van der Waals surface area contributed by atoms with Crippen LogP contribution in [0.1, 0.15) is 15.9 Å². The van der Waals surface area contributed by atoms with Gasteiger partial charge < -0.3 is 10.1 Å². The molecule has 1 saturated heterocycles. The van der Waals surface area contributed by atoms with Crippen molar-refractivity contribution in [2.75, 3.05) is 13.2 Å². The maximum atomic E-state index is 12.4. The Morgan fingerprint density at radius 2 is 2.21 bits per heavy atom. The van der Waals surface area contributed by atoms with Gasteiger partial charge in [0.15, 0.2) is 0 Å². The molecular formula is C14H15N3O2. The summed E-state index contributed by atoms with van der Waals surface area (Å²) in [6.07, 6.45) is 1.75. The maximum absolute atomic E-state index is 12.4. The summed E-state index contributed by atoms with van der Waals surface area (Å²) in [5, 5.41) is 11.0. The van der Waals surface area contributed by atoms with Crippen molar-refractivity contribution in [2.45, 2.75) is 13.0 Å². The zero-order valence-electron chi connectivity index (χ0n) is 10.6. The van der Waals surface area contributed by atoms with Crippen LogP contribution in [0.25, 0.3) is 10.9 Å². The molecule has 2 heterocycles. The van der Waals surface area contributed by atoms with Crippen molar-refractivity contribution in [2.24, 2.45) is 11.8 Å². The third kappa shape index (κ3) is 1.65. The summed E-state index contributed by atoms with van der Waals surface area (Å²) >= 11 is 0. The lowest BCUT2D eigenvalue weighted by atomic mass is 10.1. The van der Waals surface area contributed by atoms with E-state index in [9.17, 15) is 4.79 Å². The Morgan fingerprint density at radius 1 is 1.42 bits per heavy atom. The van der Waals surface area contributed by atoms with E-state index in [2.05, 4.69) is 15.5 Å². The van der Waals surface area contributed by atoms with Crippen molar-refractivity contribution in [1.29, 1.82) is 0 Å². The topological polar surface area (TPSA) is 67.0 Å². The molecule has 1 amide bonds. The zero-order valence-corrected chi connectivity index (χ0v) is 10.6. The Balaban J connectivity index is 1.63. The van der Waals surface area contributed by atoms with Gasteiger partial charge in [0.1, 0.15) is 0 Å². The smallest absolute Gasteiger partial charge is 0.253 e. The molecule has 1 aromatic heterocycles. The monoisotopic (exact) mass is 257 g/mol. The number of amides is 1. The van der Waals surface area contributed by atoms with Crippen molar-refractivity contribution < 1.29 is 9.53 Å². The zero-order chi connectivity index (χ0) is 13.0. The number of ether oxygens (including phenoxy) is 1. The third-order valence-electron chi connectivity index (χ3n) is 4.19. The molecule has 5 heteroatoms. The molecule has 5 nitrogen and oxygen atoms in total. The molecule has 2 aromatic rings. The maximum Gasteiger partial charge on any atom is 0.253 e. The highest BCUT2D eigenvalue weighted by atomic mass is 16.5. The van der Waals surface area contributed by atoms with Crippen LogP contribution in [0.15, 0.2) is 18.3 Å². The molecule has 0 spiro atoms. The van der Waals surface area contributed by atoms with E-state index in [0.29, 0.717) is 23.4 Å². The van der Waals surface area contributed by atoms with Crippen molar-refractivity contribution in [3.05, 3.63) is 29.5 Å². The van der Waals surface area contributed by atoms with E-state index in [1.807, 2.05) is 19.1 Å². The second-order valence-electron chi connectivity index (χ2n) is 5.51. The SMILES string of the molecule is Cc1cc(C(=O)NC2[C@H]3COC[C@@H]23)c2[nH]ncc2c1. The molecule has 1 aliphatic carbocycles. The number of aromatic nitrogens is 2. The molecule has 1 aliphatic heterocycles. The molecule has 0 bridgehead atoms. The Kier molecular flexibility index (Phi) is 2.20. The quantitative estimate of drug-likeness (QED) is 0.850. The first-order valence-electron chi connectivity index (χ1n) is 6.56. The number of aromatic amines is 1. The number of carbonyl (C=O) groups excluding carboxylic acids is 1. The first kappa shape index (κ1) is 11.0. The van der Waals surface area contributed by atoms with Gasteiger partial charge in [-0.1, -0.05) is 0 Å². The van der Waals surface area contributed by atoms with Gasteiger partial charge in [0, 0.05) is 23.3 Å². The lowest BCUT2D eigenvalue weighted by molar-refractivity contribution is 0.0930. The van der Waals surface area contributed by atoms with Crippen LogP contribution in [-0.4, -0.2) is 35.4 Å². The average molecular weight is 257 g/mol. The fraction of sp³-hybridized carbons (Fsp3) is 0.429. The molecule has 3 atom stereocenters. The lowest BCUT2D eigenvalue weighted by Crippen LogP contribution is -2.30. The Bertz CT molecular complexity index is 654. The number of nitrogens with one attached hydrogen (secondary N) is 2. The summed E-state index contributed by atoms with van der Waals surface area (Å²) in [5.41, 5.74) is 2.56. The van der Waals surface area contributed by atoms with E-state index in [1.165, 1.54) is 0 Å². The van der Waals surface area contributed by atoms with E-state index in [0.717, 1.165) is 29.7 Å². The van der Waals surface area contributed by atoms with Crippen LogP contribution in [0.4, 0.5) is 0 Å². The van der Waals surface area contributed by atoms with E-state index in [4.69, 9.17) is 4.74 Å². The number of rotatable bonds is 2. The molecule has 1 unspecified atom stereocenters. The number of aryl methyl sites for hydroxylation is 1. The molecule has 1 aromatic carbocycles. The van der Waals surface area contributed by atoms with Crippen molar-refractivity contribution in [3.8, 4) is 0 Å². The summed E-state index contributed by atoms with van der Waals surface area (Å²) in [5.74, 6) is 1.02. The molecule has 98 valence electrons. The molecule has 2 N–H and O–H groups in total. The summed E-state index contributed by atoms with van der Waals surface area (Å²) in [6, 6.07) is 4.22. The molecule has 2 aliphatic rings. The largest absolute Gasteiger partial charge is 0.381 e. The summed E-state index contributed by atoms with van der Waals surface area (Å²) in [6.45, 7) is 3.55. The van der Waals surface area contributed by atoms with Gasteiger partial charge in [0.2, 0.25) is 0 Å². The van der Waals surface area contributed by atoms with Gasteiger partial charge in [-0.25, -0.2) is 0 Å². The number of hydrogen-bond donors (Lipinski definition) is 2. The fourth-order valence-corrected chi connectivity index (χ4v) is 3.07. The molecule has 4 rings (SSSR count). The summed E-state index contributed by atoms with van der Waals surface area (Å²) in [4.78, 5) is 12.4. The Labute approximate surface area is 110 Å². The first-order chi connectivity index (χ1) is 9.24. The van der Waals surface area contributed by atoms with E-state index in [1.54, 1.807) is 6.20 Å². The minimum absolute atomic E-state index is 0.0163.